The summed E-state index contributed by atoms with van der Waals surface area (Å²) in [5.41, 5.74) is 2.48. The van der Waals surface area contributed by atoms with Gasteiger partial charge in [-0.3, -0.25) is 14.9 Å². The quantitative estimate of drug-likeness (QED) is 0.776. The molecule has 0 saturated heterocycles. The molecule has 5 rings (SSSR count). The van der Waals surface area contributed by atoms with Gasteiger partial charge in [-0.2, -0.15) is 5.10 Å². The van der Waals surface area contributed by atoms with Crippen LogP contribution in [0.3, 0.4) is 0 Å². The normalized spacial score (nSPS) is 17.3. The van der Waals surface area contributed by atoms with Crippen LogP contribution in [0.1, 0.15) is 29.2 Å². The smallest absolute Gasteiger partial charge is 0.271 e. The lowest BCUT2D eigenvalue weighted by Gasteiger charge is -2.29. The van der Waals surface area contributed by atoms with Crippen LogP contribution in [0.15, 0.2) is 18.3 Å². The molecule has 2 aliphatic rings. The van der Waals surface area contributed by atoms with E-state index in [1.165, 1.54) is 0 Å². The molecule has 9 heteroatoms. The Kier molecular flexibility index (Phi) is 3.31. The number of aromatic amines is 1. The van der Waals surface area contributed by atoms with Gasteiger partial charge in [0.05, 0.1) is 17.5 Å². The maximum Gasteiger partial charge on any atom is 0.271 e. The molecule has 1 N–H and O–H groups in total. The summed E-state index contributed by atoms with van der Waals surface area (Å²) in [5.74, 6) is 0.275. The molecule has 0 spiro atoms. The molecule has 3 aromatic heterocycles. The summed E-state index contributed by atoms with van der Waals surface area (Å²) in [6, 6.07) is 4.02. The van der Waals surface area contributed by atoms with Gasteiger partial charge in [-0.1, -0.05) is 0 Å². The molecular formula is C17H16F2N6O. The number of fused-ring (bicyclic) bond motifs is 3. The summed E-state index contributed by atoms with van der Waals surface area (Å²) < 4.78 is 27.2. The molecule has 0 aromatic carbocycles. The second-order valence-electron chi connectivity index (χ2n) is 6.68. The van der Waals surface area contributed by atoms with E-state index in [2.05, 4.69) is 20.2 Å². The van der Waals surface area contributed by atoms with Gasteiger partial charge in [0, 0.05) is 25.3 Å². The number of rotatable bonds is 4. The lowest BCUT2D eigenvalue weighted by molar-refractivity contribution is 0.0694. The first-order valence-electron chi connectivity index (χ1n) is 8.61. The van der Waals surface area contributed by atoms with E-state index < -0.39 is 12.8 Å². The lowest BCUT2D eigenvalue weighted by Crippen LogP contribution is -2.41. The summed E-state index contributed by atoms with van der Waals surface area (Å²) in [7, 11) is 0. The van der Waals surface area contributed by atoms with E-state index in [-0.39, 0.29) is 17.6 Å². The van der Waals surface area contributed by atoms with Crippen molar-refractivity contribution in [3.05, 3.63) is 29.8 Å². The number of pyridine rings is 1. The predicted molar refractivity (Wildman–Crippen MR) is 88.9 cm³/mol. The topological polar surface area (TPSA) is 79.7 Å². The molecule has 1 aliphatic carbocycles. The van der Waals surface area contributed by atoms with Gasteiger partial charge in [0.1, 0.15) is 17.0 Å². The van der Waals surface area contributed by atoms with E-state index in [1.54, 1.807) is 6.20 Å². The third-order valence-corrected chi connectivity index (χ3v) is 4.94. The average Bonchev–Trinajstić information content (AvgIpc) is 3.27. The fourth-order valence-corrected chi connectivity index (χ4v) is 3.67. The van der Waals surface area contributed by atoms with Gasteiger partial charge < -0.3 is 9.47 Å². The predicted octanol–water partition coefficient (Wildman–Crippen LogP) is 2.25. The lowest BCUT2D eigenvalue weighted by atomic mass is 10.1. The molecule has 134 valence electrons. The van der Waals surface area contributed by atoms with Crippen molar-refractivity contribution in [3.8, 4) is 11.4 Å². The monoisotopic (exact) mass is 358 g/mol. The molecule has 1 aliphatic heterocycles. The van der Waals surface area contributed by atoms with Crippen LogP contribution in [0, 0.1) is 0 Å². The molecule has 3 aromatic rings. The summed E-state index contributed by atoms with van der Waals surface area (Å²) in [6.07, 6.45) is 0.683. The molecule has 0 atom stereocenters. The molecule has 0 unspecified atom stereocenters. The number of aromatic nitrogens is 5. The van der Waals surface area contributed by atoms with Gasteiger partial charge in [0.2, 0.25) is 6.43 Å². The minimum Gasteiger partial charge on any atom is -0.333 e. The molecule has 1 amide bonds. The highest BCUT2D eigenvalue weighted by molar-refractivity contribution is 6.08. The zero-order valence-corrected chi connectivity index (χ0v) is 13.8. The van der Waals surface area contributed by atoms with Crippen molar-refractivity contribution in [1.82, 2.24) is 29.6 Å². The Morgan fingerprint density at radius 3 is 2.92 bits per heavy atom. The van der Waals surface area contributed by atoms with E-state index in [0.717, 1.165) is 18.4 Å². The van der Waals surface area contributed by atoms with Crippen molar-refractivity contribution in [2.45, 2.75) is 38.3 Å². The number of H-pyrrole nitrogens is 1. The Hall–Kier alpha value is -2.84. The Morgan fingerprint density at radius 1 is 1.31 bits per heavy atom. The van der Waals surface area contributed by atoms with Gasteiger partial charge in [0.15, 0.2) is 5.82 Å². The van der Waals surface area contributed by atoms with Crippen LogP contribution < -0.4 is 0 Å². The summed E-state index contributed by atoms with van der Waals surface area (Å²) in [5, 5.41) is 6.65. The molecule has 0 radical (unpaired) electrons. The number of carbonyl (C=O) groups excluding carboxylic acids is 1. The van der Waals surface area contributed by atoms with Gasteiger partial charge in [-0.25, -0.2) is 13.8 Å². The third-order valence-electron chi connectivity index (χ3n) is 4.94. The molecule has 1 saturated carbocycles. The van der Waals surface area contributed by atoms with E-state index in [9.17, 15) is 13.6 Å². The maximum absolute atomic E-state index is 13.1. The van der Waals surface area contributed by atoms with Crippen LogP contribution in [-0.2, 0) is 13.0 Å². The number of nitrogens with one attached hydrogen (secondary N) is 1. The largest absolute Gasteiger partial charge is 0.333 e. The van der Waals surface area contributed by atoms with Crippen molar-refractivity contribution in [3.63, 3.8) is 0 Å². The van der Waals surface area contributed by atoms with Crippen LogP contribution >= 0.6 is 0 Å². The molecular weight excluding hydrogens is 342 g/mol. The fraction of sp³-hybridized carbons (Fsp3) is 0.412. The maximum atomic E-state index is 13.1. The number of nitrogens with zero attached hydrogens (tertiary/aromatic N) is 5. The number of hydrogen-bond acceptors (Lipinski definition) is 4. The highest BCUT2D eigenvalue weighted by Gasteiger charge is 2.39. The molecule has 4 heterocycles. The van der Waals surface area contributed by atoms with Gasteiger partial charge in [0.25, 0.3) is 5.91 Å². The first-order valence-corrected chi connectivity index (χ1v) is 8.61. The van der Waals surface area contributed by atoms with Crippen molar-refractivity contribution in [2.24, 2.45) is 0 Å². The minimum atomic E-state index is -2.51. The van der Waals surface area contributed by atoms with E-state index in [0.29, 0.717) is 35.9 Å². The molecule has 1 fully saturated rings. The molecule has 7 nitrogen and oxygen atoms in total. The van der Waals surface area contributed by atoms with Crippen LogP contribution in [0.25, 0.3) is 22.4 Å². The van der Waals surface area contributed by atoms with Gasteiger partial charge >= 0.3 is 0 Å². The third kappa shape index (κ3) is 2.30. The first kappa shape index (κ1) is 15.4. The summed E-state index contributed by atoms with van der Waals surface area (Å²) >= 11 is 0. The summed E-state index contributed by atoms with van der Waals surface area (Å²) in [4.78, 5) is 23.7. The zero-order valence-electron chi connectivity index (χ0n) is 13.8. The highest BCUT2D eigenvalue weighted by Crippen LogP contribution is 2.37. The zero-order chi connectivity index (χ0) is 17.8. The summed E-state index contributed by atoms with van der Waals surface area (Å²) in [6.45, 7) is 1.34. The first-order chi connectivity index (χ1) is 12.6. The van der Waals surface area contributed by atoms with Crippen molar-refractivity contribution < 1.29 is 13.6 Å². The second kappa shape index (κ2) is 5.58. The average molecular weight is 358 g/mol. The number of alkyl halides is 2. The second-order valence-corrected chi connectivity index (χ2v) is 6.68. The minimum absolute atomic E-state index is 0.0630. The standard InChI is InChI=1S/C17H16F2N6O/c18-11(19)8-12-21-16(23-22-12)13-14-10(2-1-5-20-14)25-7-6-24(9-3-4-9)17(26)15(13)25/h1-2,5,9,11H,3-4,6-8H2,(H,21,22,23). The van der Waals surface area contributed by atoms with Crippen LogP contribution in [0.2, 0.25) is 0 Å². The SMILES string of the molecule is O=C1c2c(-c3n[nH]c(CC(F)F)n3)c3ncccc3n2CCN1C1CC1. The number of halogens is 2. The van der Waals surface area contributed by atoms with Crippen molar-refractivity contribution in [2.75, 3.05) is 6.54 Å². The van der Waals surface area contributed by atoms with E-state index in [1.807, 2.05) is 21.6 Å². The number of amides is 1. The Morgan fingerprint density at radius 2 is 2.15 bits per heavy atom. The van der Waals surface area contributed by atoms with Crippen LogP contribution in [0.4, 0.5) is 8.78 Å². The van der Waals surface area contributed by atoms with E-state index in [4.69, 9.17) is 0 Å². The molecule has 0 bridgehead atoms. The number of carbonyl (C=O) groups is 1. The number of hydrogen-bond donors (Lipinski definition) is 1. The molecule has 26 heavy (non-hydrogen) atoms. The van der Waals surface area contributed by atoms with Gasteiger partial charge in [-0.15, -0.1) is 0 Å². The van der Waals surface area contributed by atoms with Gasteiger partial charge in [-0.05, 0) is 25.0 Å². The Balaban J connectivity index is 1.69. The Bertz CT molecular complexity index is 1010. The van der Waals surface area contributed by atoms with Crippen LogP contribution in [0.5, 0.6) is 0 Å². The fourth-order valence-electron chi connectivity index (χ4n) is 3.67. The van der Waals surface area contributed by atoms with Crippen molar-refractivity contribution in [1.29, 1.82) is 0 Å². The Labute approximate surface area is 147 Å². The highest BCUT2D eigenvalue weighted by atomic mass is 19.3. The van der Waals surface area contributed by atoms with Crippen LogP contribution in [-0.4, -0.2) is 54.6 Å². The van der Waals surface area contributed by atoms with E-state index >= 15 is 0 Å². The van der Waals surface area contributed by atoms with Crippen molar-refractivity contribution >= 4 is 16.9 Å².